The molecule has 1 aromatic carbocycles. The van der Waals surface area contributed by atoms with Crippen molar-refractivity contribution in [2.24, 2.45) is 5.73 Å². The maximum absolute atomic E-state index is 6.21. The third-order valence-electron chi connectivity index (χ3n) is 3.56. The van der Waals surface area contributed by atoms with Gasteiger partial charge in [0.05, 0.1) is 10.7 Å². The summed E-state index contributed by atoms with van der Waals surface area (Å²) < 4.78 is 0. The topological polar surface area (TPSA) is 57.9 Å². The van der Waals surface area contributed by atoms with Crippen molar-refractivity contribution in [3.63, 3.8) is 0 Å². The molecule has 1 fully saturated rings. The molecule has 0 saturated carbocycles. The number of nitrogens with zero attached hydrogens (tertiary/aromatic N) is 2. The average molecular weight is 311 g/mol. The van der Waals surface area contributed by atoms with E-state index in [0.717, 1.165) is 43.0 Å². The number of hydrogen-bond donors (Lipinski definition) is 2. The van der Waals surface area contributed by atoms with Gasteiger partial charge in [-0.25, -0.2) is 0 Å². The van der Waals surface area contributed by atoms with E-state index in [-0.39, 0.29) is 6.04 Å². The molecule has 3 N–H and O–H groups in total. The van der Waals surface area contributed by atoms with Crippen molar-refractivity contribution >= 4 is 29.0 Å². The first-order valence-corrected chi connectivity index (χ1v) is 7.40. The predicted octanol–water partition coefficient (Wildman–Crippen LogP) is 3.31. The van der Waals surface area contributed by atoms with Gasteiger partial charge in [-0.2, -0.15) is 5.10 Å². The molecule has 0 spiro atoms. The number of rotatable bonds is 2. The minimum atomic E-state index is 0.221. The van der Waals surface area contributed by atoms with Crippen molar-refractivity contribution in [2.45, 2.75) is 18.9 Å². The monoisotopic (exact) mass is 310 g/mol. The highest BCUT2D eigenvalue weighted by Gasteiger charge is 2.19. The number of aromatic nitrogens is 2. The van der Waals surface area contributed by atoms with E-state index in [1.807, 2.05) is 12.1 Å². The Labute approximate surface area is 127 Å². The third kappa shape index (κ3) is 2.77. The SMILES string of the molecule is NC1CCCN(c2cc(-c3cc(Cl)ccc3Cl)[nH]n2)C1. The first-order valence-electron chi connectivity index (χ1n) is 6.65. The molecule has 1 atom stereocenters. The molecule has 1 aliphatic rings. The van der Waals surface area contributed by atoms with E-state index in [9.17, 15) is 0 Å². The predicted molar refractivity (Wildman–Crippen MR) is 83.5 cm³/mol. The van der Waals surface area contributed by atoms with Crippen LogP contribution < -0.4 is 10.6 Å². The van der Waals surface area contributed by atoms with Gasteiger partial charge in [-0.05, 0) is 31.0 Å². The number of nitrogens with one attached hydrogen (secondary N) is 1. The second-order valence-corrected chi connectivity index (χ2v) is 5.96. The number of nitrogens with two attached hydrogens (primary N) is 1. The highest BCUT2D eigenvalue weighted by molar-refractivity contribution is 6.35. The molecular weight excluding hydrogens is 295 g/mol. The lowest BCUT2D eigenvalue weighted by atomic mass is 10.1. The molecule has 1 aromatic heterocycles. The summed E-state index contributed by atoms with van der Waals surface area (Å²) >= 11 is 12.2. The number of anilines is 1. The second-order valence-electron chi connectivity index (χ2n) is 5.11. The van der Waals surface area contributed by atoms with Gasteiger partial charge in [0.15, 0.2) is 5.82 Å². The number of aromatic amines is 1. The molecule has 2 aromatic rings. The van der Waals surface area contributed by atoms with Gasteiger partial charge < -0.3 is 10.6 Å². The Kier molecular flexibility index (Phi) is 3.87. The van der Waals surface area contributed by atoms with Crippen molar-refractivity contribution in [1.29, 1.82) is 0 Å². The highest BCUT2D eigenvalue weighted by atomic mass is 35.5. The fourth-order valence-corrected chi connectivity index (χ4v) is 2.92. The first-order chi connectivity index (χ1) is 9.63. The van der Waals surface area contributed by atoms with Crippen LogP contribution in [0.25, 0.3) is 11.3 Å². The number of H-pyrrole nitrogens is 1. The molecule has 0 amide bonds. The van der Waals surface area contributed by atoms with Crippen molar-refractivity contribution in [2.75, 3.05) is 18.0 Å². The molecule has 6 heteroatoms. The van der Waals surface area contributed by atoms with Crippen LogP contribution in [0.5, 0.6) is 0 Å². The molecule has 1 unspecified atom stereocenters. The summed E-state index contributed by atoms with van der Waals surface area (Å²) in [6, 6.07) is 7.61. The fraction of sp³-hybridized carbons (Fsp3) is 0.357. The summed E-state index contributed by atoms with van der Waals surface area (Å²) in [6.45, 7) is 1.83. The van der Waals surface area contributed by atoms with Crippen LogP contribution >= 0.6 is 23.2 Å². The van der Waals surface area contributed by atoms with Gasteiger partial charge in [0, 0.05) is 35.8 Å². The van der Waals surface area contributed by atoms with E-state index >= 15 is 0 Å². The van der Waals surface area contributed by atoms with Crippen LogP contribution in [-0.4, -0.2) is 29.3 Å². The lowest BCUT2D eigenvalue weighted by Gasteiger charge is -2.30. The molecular formula is C14H16Cl2N4. The summed E-state index contributed by atoms with van der Waals surface area (Å²) in [4.78, 5) is 2.20. The van der Waals surface area contributed by atoms with E-state index in [1.165, 1.54) is 0 Å². The van der Waals surface area contributed by atoms with Gasteiger partial charge in [0.1, 0.15) is 0 Å². The van der Waals surface area contributed by atoms with Gasteiger partial charge in [-0.3, -0.25) is 5.10 Å². The van der Waals surface area contributed by atoms with Crippen LogP contribution in [-0.2, 0) is 0 Å². The lowest BCUT2D eigenvalue weighted by molar-refractivity contribution is 0.503. The molecule has 20 heavy (non-hydrogen) atoms. The second kappa shape index (κ2) is 5.64. The summed E-state index contributed by atoms with van der Waals surface area (Å²) in [5.41, 5.74) is 7.73. The molecule has 1 aliphatic heterocycles. The molecule has 0 radical (unpaired) electrons. The van der Waals surface area contributed by atoms with E-state index in [1.54, 1.807) is 12.1 Å². The Morgan fingerprint density at radius 1 is 1.30 bits per heavy atom. The van der Waals surface area contributed by atoms with Crippen LogP contribution in [0.1, 0.15) is 12.8 Å². The Morgan fingerprint density at radius 2 is 2.15 bits per heavy atom. The van der Waals surface area contributed by atoms with Crippen molar-refractivity contribution in [1.82, 2.24) is 10.2 Å². The Balaban J connectivity index is 1.88. The zero-order chi connectivity index (χ0) is 14.1. The first kappa shape index (κ1) is 13.7. The molecule has 0 aliphatic carbocycles. The number of hydrogen-bond acceptors (Lipinski definition) is 3. The number of benzene rings is 1. The average Bonchev–Trinajstić information content (AvgIpc) is 2.91. The van der Waals surface area contributed by atoms with Gasteiger partial charge in [-0.15, -0.1) is 0 Å². The quantitative estimate of drug-likeness (QED) is 0.894. The van der Waals surface area contributed by atoms with Crippen molar-refractivity contribution in [3.8, 4) is 11.3 Å². The van der Waals surface area contributed by atoms with Gasteiger partial charge in [0.25, 0.3) is 0 Å². The summed E-state index contributed by atoms with van der Waals surface area (Å²) in [5, 5.41) is 8.70. The van der Waals surface area contributed by atoms with Gasteiger partial charge >= 0.3 is 0 Å². The van der Waals surface area contributed by atoms with E-state index in [4.69, 9.17) is 28.9 Å². The van der Waals surface area contributed by atoms with Crippen molar-refractivity contribution in [3.05, 3.63) is 34.3 Å². The molecule has 3 rings (SSSR count). The largest absolute Gasteiger partial charge is 0.354 e. The third-order valence-corrected chi connectivity index (χ3v) is 4.13. The number of halogens is 2. The van der Waals surface area contributed by atoms with Crippen LogP contribution in [0.15, 0.2) is 24.3 Å². The van der Waals surface area contributed by atoms with E-state index in [2.05, 4.69) is 15.1 Å². The minimum Gasteiger partial charge on any atom is -0.354 e. The van der Waals surface area contributed by atoms with Crippen LogP contribution in [0, 0.1) is 0 Å². The summed E-state index contributed by atoms with van der Waals surface area (Å²) in [6.07, 6.45) is 2.18. The maximum Gasteiger partial charge on any atom is 0.151 e. The van der Waals surface area contributed by atoms with Gasteiger partial charge in [-0.1, -0.05) is 23.2 Å². The lowest BCUT2D eigenvalue weighted by Crippen LogP contribution is -2.43. The maximum atomic E-state index is 6.21. The molecule has 106 valence electrons. The standard InChI is InChI=1S/C14H16Cl2N4/c15-9-3-4-12(16)11(6-9)13-7-14(19-18-13)20-5-1-2-10(17)8-20/h3-4,6-7,10H,1-2,5,8,17H2,(H,18,19). The Bertz CT molecular complexity index is 611. The minimum absolute atomic E-state index is 0.221. The Hall–Kier alpha value is -1.23. The summed E-state index contributed by atoms with van der Waals surface area (Å²) in [5.74, 6) is 0.909. The van der Waals surface area contributed by atoms with E-state index < -0.39 is 0 Å². The molecule has 0 bridgehead atoms. The van der Waals surface area contributed by atoms with E-state index in [0.29, 0.717) is 10.0 Å². The Morgan fingerprint density at radius 3 is 2.95 bits per heavy atom. The van der Waals surface area contributed by atoms with Crippen LogP contribution in [0.2, 0.25) is 10.0 Å². The van der Waals surface area contributed by atoms with Crippen LogP contribution in [0.4, 0.5) is 5.82 Å². The molecule has 1 saturated heterocycles. The van der Waals surface area contributed by atoms with Crippen LogP contribution in [0.3, 0.4) is 0 Å². The fourth-order valence-electron chi connectivity index (χ4n) is 2.53. The van der Waals surface area contributed by atoms with Crippen molar-refractivity contribution < 1.29 is 0 Å². The highest BCUT2D eigenvalue weighted by Crippen LogP contribution is 2.31. The number of piperidine rings is 1. The zero-order valence-electron chi connectivity index (χ0n) is 10.9. The summed E-state index contributed by atoms with van der Waals surface area (Å²) in [7, 11) is 0. The van der Waals surface area contributed by atoms with Gasteiger partial charge in [0.2, 0.25) is 0 Å². The molecule has 2 heterocycles. The normalized spacial score (nSPS) is 19.4. The zero-order valence-corrected chi connectivity index (χ0v) is 12.5. The molecule has 4 nitrogen and oxygen atoms in total. The smallest absolute Gasteiger partial charge is 0.151 e.